The summed E-state index contributed by atoms with van der Waals surface area (Å²) in [5.74, 6) is 6.43. The molecule has 2 aromatic rings. The number of pyridine rings is 1. The van der Waals surface area contributed by atoms with Gasteiger partial charge in [0.05, 0.1) is 19.2 Å². The molecule has 0 atom stereocenters. The number of nitrogens with zero attached hydrogens (tertiary/aromatic N) is 1. The number of hydrogen-bond acceptors (Lipinski definition) is 3. The summed E-state index contributed by atoms with van der Waals surface area (Å²) in [6, 6.07) is 9.65. The first-order valence-corrected chi connectivity index (χ1v) is 4.97. The van der Waals surface area contributed by atoms with E-state index in [0.717, 1.165) is 16.5 Å². The van der Waals surface area contributed by atoms with Crippen LogP contribution in [0.5, 0.6) is 5.88 Å². The molecule has 0 aliphatic carbocycles. The molecule has 0 fully saturated rings. The molecule has 0 aliphatic heterocycles. The lowest BCUT2D eigenvalue weighted by molar-refractivity contribution is 0.399. The van der Waals surface area contributed by atoms with E-state index in [9.17, 15) is 0 Å². The summed E-state index contributed by atoms with van der Waals surface area (Å²) < 4.78 is 5.06. The minimum absolute atomic E-state index is 0.374. The molecule has 3 heteroatoms. The van der Waals surface area contributed by atoms with Crippen molar-refractivity contribution >= 4 is 10.9 Å². The molecular weight excluding hydrogens is 200 g/mol. The van der Waals surface area contributed by atoms with Gasteiger partial charge in [-0.15, -0.1) is 0 Å². The second-order valence-electron chi connectivity index (χ2n) is 3.27. The van der Waals surface area contributed by atoms with Crippen LogP contribution in [-0.2, 0) is 0 Å². The van der Waals surface area contributed by atoms with Gasteiger partial charge in [0.15, 0.2) is 0 Å². The minimum atomic E-state index is 0.374. The Hall–Kier alpha value is -2.05. The second kappa shape index (κ2) is 4.65. The first-order chi connectivity index (χ1) is 7.83. The lowest BCUT2D eigenvalue weighted by Gasteiger charge is -2.01. The van der Waals surface area contributed by atoms with Crippen LogP contribution in [0, 0.1) is 11.8 Å². The zero-order valence-corrected chi connectivity index (χ0v) is 9.03. The van der Waals surface area contributed by atoms with Gasteiger partial charge in [0.1, 0.15) is 0 Å². The zero-order chi connectivity index (χ0) is 11.4. The van der Waals surface area contributed by atoms with Crippen molar-refractivity contribution in [2.75, 3.05) is 13.7 Å². The summed E-state index contributed by atoms with van der Waals surface area (Å²) in [5, 5.41) is 1.05. The number of ether oxygens (including phenoxy) is 1. The summed E-state index contributed by atoms with van der Waals surface area (Å²) in [6.45, 7) is 0.374. The van der Waals surface area contributed by atoms with Gasteiger partial charge in [-0.1, -0.05) is 11.8 Å². The third-order valence-corrected chi connectivity index (χ3v) is 2.21. The number of hydrogen-bond donors (Lipinski definition) is 1. The van der Waals surface area contributed by atoms with Gasteiger partial charge in [-0.3, -0.25) is 0 Å². The molecule has 0 amide bonds. The summed E-state index contributed by atoms with van der Waals surface area (Å²) in [7, 11) is 1.61. The Morgan fingerprint density at radius 2 is 2.19 bits per heavy atom. The predicted molar refractivity (Wildman–Crippen MR) is 64.2 cm³/mol. The van der Waals surface area contributed by atoms with E-state index in [0.29, 0.717) is 12.4 Å². The monoisotopic (exact) mass is 212 g/mol. The molecule has 0 bridgehead atoms. The third kappa shape index (κ3) is 2.13. The molecule has 0 spiro atoms. The third-order valence-electron chi connectivity index (χ3n) is 2.21. The Morgan fingerprint density at radius 1 is 1.31 bits per heavy atom. The van der Waals surface area contributed by atoms with Crippen molar-refractivity contribution in [3.8, 4) is 17.7 Å². The SMILES string of the molecule is COc1ccc2cc(C#CCN)ccc2n1. The Kier molecular flexibility index (Phi) is 3.04. The van der Waals surface area contributed by atoms with Crippen LogP contribution < -0.4 is 10.5 Å². The second-order valence-corrected chi connectivity index (χ2v) is 3.27. The van der Waals surface area contributed by atoms with Gasteiger partial charge in [-0.2, -0.15) is 0 Å². The van der Waals surface area contributed by atoms with Crippen LogP contribution in [0.15, 0.2) is 30.3 Å². The number of rotatable bonds is 1. The van der Waals surface area contributed by atoms with Crippen molar-refractivity contribution in [1.29, 1.82) is 0 Å². The first-order valence-electron chi connectivity index (χ1n) is 4.97. The average Bonchev–Trinajstić information content (AvgIpc) is 2.35. The molecule has 3 nitrogen and oxygen atoms in total. The Balaban J connectivity index is 2.47. The maximum absolute atomic E-state index is 5.32. The highest BCUT2D eigenvalue weighted by molar-refractivity contribution is 5.80. The molecule has 1 aromatic heterocycles. The Morgan fingerprint density at radius 3 is 2.94 bits per heavy atom. The van der Waals surface area contributed by atoms with E-state index in [-0.39, 0.29) is 0 Å². The summed E-state index contributed by atoms with van der Waals surface area (Å²) >= 11 is 0. The van der Waals surface area contributed by atoms with Crippen LogP contribution in [0.1, 0.15) is 5.56 Å². The maximum atomic E-state index is 5.32. The van der Waals surface area contributed by atoms with Crippen LogP contribution in [0.4, 0.5) is 0 Å². The van der Waals surface area contributed by atoms with Crippen LogP contribution in [0.25, 0.3) is 10.9 Å². The van der Waals surface area contributed by atoms with E-state index in [1.54, 1.807) is 7.11 Å². The normalized spacial score (nSPS) is 9.62. The lowest BCUT2D eigenvalue weighted by Crippen LogP contribution is -1.93. The smallest absolute Gasteiger partial charge is 0.213 e. The van der Waals surface area contributed by atoms with Gasteiger partial charge in [0.25, 0.3) is 0 Å². The molecule has 1 heterocycles. The highest BCUT2D eigenvalue weighted by Crippen LogP contribution is 2.17. The lowest BCUT2D eigenvalue weighted by atomic mass is 10.1. The first kappa shape index (κ1) is 10.5. The number of methoxy groups -OCH3 is 1. The minimum Gasteiger partial charge on any atom is -0.481 e. The van der Waals surface area contributed by atoms with Gasteiger partial charge in [0.2, 0.25) is 5.88 Å². The van der Waals surface area contributed by atoms with Gasteiger partial charge >= 0.3 is 0 Å². The number of fused-ring (bicyclic) bond motifs is 1. The molecule has 0 aliphatic rings. The van der Waals surface area contributed by atoms with Gasteiger partial charge < -0.3 is 10.5 Å². The molecular formula is C13H12N2O. The number of benzene rings is 1. The van der Waals surface area contributed by atoms with Crippen molar-refractivity contribution < 1.29 is 4.74 Å². The van der Waals surface area contributed by atoms with Crippen molar-refractivity contribution in [3.63, 3.8) is 0 Å². The fraction of sp³-hybridized carbons (Fsp3) is 0.154. The molecule has 80 valence electrons. The van der Waals surface area contributed by atoms with Gasteiger partial charge in [-0.25, -0.2) is 4.98 Å². The molecule has 16 heavy (non-hydrogen) atoms. The van der Waals surface area contributed by atoms with Crippen LogP contribution >= 0.6 is 0 Å². The van der Waals surface area contributed by atoms with Crippen LogP contribution in [0.2, 0.25) is 0 Å². The highest BCUT2D eigenvalue weighted by atomic mass is 16.5. The predicted octanol–water partition coefficient (Wildman–Crippen LogP) is 1.55. The van der Waals surface area contributed by atoms with Crippen molar-refractivity contribution in [2.24, 2.45) is 5.73 Å². The summed E-state index contributed by atoms with van der Waals surface area (Å²) in [6.07, 6.45) is 0. The largest absolute Gasteiger partial charge is 0.481 e. The standard InChI is InChI=1S/C13H12N2O/c1-16-13-7-5-11-9-10(3-2-8-14)4-6-12(11)15-13/h4-7,9H,8,14H2,1H3. The van der Waals surface area contributed by atoms with E-state index >= 15 is 0 Å². The van der Waals surface area contributed by atoms with E-state index in [2.05, 4.69) is 16.8 Å². The summed E-state index contributed by atoms with van der Waals surface area (Å²) in [4.78, 5) is 4.32. The van der Waals surface area contributed by atoms with E-state index in [1.165, 1.54) is 0 Å². The molecule has 0 radical (unpaired) electrons. The topological polar surface area (TPSA) is 48.1 Å². The molecule has 2 N–H and O–H groups in total. The molecule has 0 unspecified atom stereocenters. The van der Waals surface area contributed by atoms with E-state index in [1.807, 2.05) is 30.3 Å². The van der Waals surface area contributed by atoms with Crippen molar-refractivity contribution in [3.05, 3.63) is 35.9 Å². The van der Waals surface area contributed by atoms with Gasteiger partial charge in [0, 0.05) is 17.0 Å². The Bertz CT molecular complexity index is 567. The molecule has 1 aromatic carbocycles. The molecule has 0 saturated heterocycles. The fourth-order valence-electron chi connectivity index (χ4n) is 1.45. The maximum Gasteiger partial charge on any atom is 0.213 e. The van der Waals surface area contributed by atoms with E-state index < -0.39 is 0 Å². The van der Waals surface area contributed by atoms with Crippen molar-refractivity contribution in [1.82, 2.24) is 4.98 Å². The summed E-state index contributed by atoms with van der Waals surface area (Å²) in [5.41, 5.74) is 7.17. The fourth-order valence-corrected chi connectivity index (χ4v) is 1.45. The van der Waals surface area contributed by atoms with Crippen molar-refractivity contribution in [2.45, 2.75) is 0 Å². The zero-order valence-electron chi connectivity index (χ0n) is 9.03. The number of aromatic nitrogens is 1. The van der Waals surface area contributed by atoms with E-state index in [4.69, 9.17) is 10.5 Å². The Labute approximate surface area is 94.2 Å². The number of nitrogens with two attached hydrogens (primary N) is 1. The molecule has 2 rings (SSSR count). The molecule has 0 saturated carbocycles. The van der Waals surface area contributed by atoms with Gasteiger partial charge in [-0.05, 0) is 24.3 Å². The van der Waals surface area contributed by atoms with Crippen LogP contribution in [-0.4, -0.2) is 18.6 Å². The van der Waals surface area contributed by atoms with Crippen LogP contribution in [0.3, 0.4) is 0 Å². The quantitative estimate of drug-likeness (QED) is 0.730. The average molecular weight is 212 g/mol. The highest BCUT2D eigenvalue weighted by Gasteiger charge is 1.98.